The van der Waals surface area contributed by atoms with E-state index in [4.69, 9.17) is 74.2 Å². The van der Waals surface area contributed by atoms with Gasteiger partial charge in [-0.3, -0.25) is 62.1 Å². The molecule has 1 aliphatic carbocycles. The van der Waals surface area contributed by atoms with Crippen molar-refractivity contribution in [3.63, 3.8) is 0 Å². The van der Waals surface area contributed by atoms with E-state index in [9.17, 15) is 71.7 Å². The average molecular weight is 1920 g/mol. The molecule has 0 aromatic carbocycles. The van der Waals surface area contributed by atoms with Crippen LogP contribution in [0.2, 0.25) is 0 Å². The topological polar surface area (TPSA) is 465 Å². The van der Waals surface area contributed by atoms with Crippen LogP contribution in [0.5, 0.6) is 0 Å². The van der Waals surface area contributed by atoms with E-state index in [-0.39, 0.29) is 114 Å². The SMILES string of the molecule is CC(=O)C(N)CCCCC(=O)OC(C)(C)C.CC(=O)CCC(=O)OC(C)(C)C.CC(=O)CCCC(=O)OC(C)(C)C.CC(C)(C)OC(=O)CCC(=O)OCC1CCCCC1.CCC(=O)OC(C)(C)C.CCCC(=O)OC(C)(C)C.CCCCC(CC(=O)OC(C)(C)C)C(=O)O.CCCCC(N)C(=O)OC(C)(C)C.CCCCCC(N)C(=O)OC(C)(C)C.COP(C)(=O)OC(C)(C)C. The molecule has 0 aliphatic heterocycles. The Bertz CT molecular complexity index is 3240. The van der Waals surface area contributed by atoms with Crippen molar-refractivity contribution in [3.05, 3.63) is 0 Å². The first-order valence-corrected chi connectivity index (χ1v) is 49.3. The summed E-state index contributed by atoms with van der Waals surface area (Å²) in [5.41, 5.74) is 12.6. The van der Waals surface area contributed by atoms with Gasteiger partial charge >= 0.3 is 73.3 Å². The molecule has 782 valence electrons. The number of esters is 10. The molecule has 132 heavy (non-hydrogen) atoms. The molecule has 1 rings (SSSR count). The van der Waals surface area contributed by atoms with E-state index in [1.807, 2.05) is 180 Å². The highest BCUT2D eigenvalue weighted by Gasteiger charge is 2.29. The molecule has 0 aromatic rings. The normalized spacial score (nSPS) is 13.6. The summed E-state index contributed by atoms with van der Waals surface area (Å²) in [6.07, 6.45) is 21.4. The molecule has 0 spiro atoms. The Morgan fingerprint density at radius 3 is 0.939 bits per heavy atom. The van der Waals surface area contributed by atoms with E-state index in [2.05, 4.69) is 18.4 Å². The molecule has 7 N–H and O–H groups in total. The first-order chi connectivity index (χ1) is 59.4. The summed E-state index contributed by atoms with van der Waals surface area (Å²) in [7, 11) is -1.41. The molecule has 0 saturated heterocycles. The van der Waals surface area contributed by atoms with Gasteiger partial charge in [0, 0.05) is 52.3 Å². The monoisotopic (exact) mass is 1920 g/mol. The van der Waals surface area contributed by atoms with Crippen molar-refractivity contribution in [2.24, 2.45) is 29.0 Å². The third kappa shape index (κ3) is 125. The van der Waals surface area contributed by atoms with Crippen molar-refractivity contribution in [2.45, 2.75) is 530 Å². The third-order valence-electron chi connectivity index (χ3n) is 15.5. The number of carbonyl (C=O) groups is 14. The van der Waals surface area contributed by atoms with Gasteiger partial charge in [0.05, 0.1) is 49.9 Å². The Hall–Kier alpha value is -6.79. The first kappa shape index (κ1) is 143. The number of aliphatic carboxylic acids is 1. The summed E-state index contributed by atoms with van der Waals surface area (Å²) in [5, 5.41) is 8.94. The second-order valence-corrected chi connectivity index (χ2v) is 44.7. The van der Waals surface area contributed by atoms with E-state index in [0.717, 1.165) is 83.5 Å². The molecule has 5 atom stereocenters. The maximum atomic E-state index is 11.5. The molecule has 0 heterocycles. The number of carboxylic acids is 1. The molecular formula is C100H194N3O28P. The standard InChI is InChI=1S/C15H26O4.C12H23NO3.C12H22O4.C11H23NO2.C10H21NO2.C10H18O3.C9H16O3.C8H16O2.C7H14O2.C6H15O3P/c1-15(2,3)19-14(17)10-9-13(16)18-11-12-7-5-4-6-8-12;1-9(14)10(13)7-5-6-8-11(15)16-12(2,3)4;1-5-6-7-9(11(14)15)8-10(13)16-12(2,3)4;1-5-6-7-8-9(12)10(13)14-11(2,3)4;1-5-6-7-8(11)9(12)13-10(2,3)4;1-8(11)6-5-7-9(12)13-10(2,3)4;1-7(10)5-6-8(11)12-9(2,3)4;1-5-6-7(9)10-8(2,3)4;1-5-6(8)9-7(2,3)4;1-6(2,3)9-10(5,7)8-4/h12H,4-11H2,1-3H3;10H,5-8,13H2,1-4H3;9H,5-8H2,1-4H3,(H,14,15);9H,5-8,12H2,1-4H3;8H,5-7,11H2,1-4H3;5-7H2,1-4H3;5-6H2,1-4H3;5-6H2,1-4H3;5H2,1-4H3;1-5H3. The lowest BCUT2D eigenvalue weighted by atomic mass is 9.90. The highest BCUT2D eigenvalue weighted by Crippen LogP contribution is 2.46. The number of hydrogen-bond donors (Lipinski definition) is 4. The lowest BCUT2D eigenvalue weighted by Gasteiger charge is -2.23. The Kier molecular flexibility index (Phi) is 80.6. The molecule has 1 saturated carbocycles. The number of ketones is 3. The van der Waals surface area contributed by atoms with Crippen LogP contribution in [0, 0.1) is 11.8 Å². The Labute approximate surface area is 799 Å². The quantitative estimate of drug-likeness (QED) is 0.0193. The lowest BCUT2D eigenvalue weighted by Crippen LogP contribution is -2.37. The molecule has 0 amide bonds. The van der Waals surface area contributed by atoms with Gasteiger partial charge in [-0.15, -0.1) is 0 Å². The predicted molar refractivity (Wildman–Crippen MR) is 522 cm³/mol. The zero-order valence-corrected chi connectivity index (χ0v) is 91.4. The lowest BCUT2D eigenvalue weighted by molar-refractivity contribution is -0.160. The summed E-state index contributed by atoms with van der Waals surface area (Å²) >= 11 is 0. The zero-order valence-electron chi connectivity index (χ0n) is 90.5. The molecule has 0 bridgehead atoms. The zero-order chi connectivity index (χ0) is 106. The number of carboxylic acid groups (broad SMARTS) is 1. The number of rotatable bonds is 38. The summed E-state index contributed by atoms with van der Waals surface area (Å²) < 4.78 is 71.9. The maximum absolute atomic E-state index is 11.5. The highest BCUT2D eigenvalue weighted by atomic mass is 31.2. The fourth-order valence-electron chi connectivity index (χ4n) is 9.93. The minimum Gasteiger partial charge on any atom is -0.481 e. The largest absolute Gasteiger partial charge is 0.481 e. The first-order valence-electron chi connectivity index (χ1n) is 47.3. The van der Waals surface area contributed by atoms with Gasteiger partial charge in [0.15, 0.2) is 0 Å². The molecule has 5 unspecified atom stereocenters. The number of hydrogen-bond acceptors (Lipinski definition) is 30. The van der Waals surface area contributed by atoms with Gasteiger partial charge < -0.3 is 88.3 Å². The molecule has 1 aliphatic rings. The minimum atomic E-state index is -2.79. The van der Waals surface area contributed by atoms with Crippen molar-refractivity contribution >= 4 is 90.6 Å². The second kappa shape index (κ2) is 74.4. The summed E-state index contributed by atoms with van der Waals surface area (Å²) in [4.78, 5) is 155. The molecule has 32 heteroatoms. The van der Waals surface area contributed by atoms with Gasteiger partial charge in [-0.2, -0.15) is 0 Å². The van der Waals surface area contributed by atoms with Gasteiger partial charge in [0.1, 0.15) is 79.8 Å². The number of Topliss-reactive ketones (excluding diaryl/α,β-unsaturated/α-hetero) is 3. The smallest absolute Gasteiger partial charge is 0.327 e. The van der Waals surface area contributed by atoms with Crippen molar-refractivity contribution in [2.75, 3.05) is 20.4 Å². The minimum absolute atomic E-state index is 0.00253. The molecule has 0 radical (unpaired) electrons. The van der Waals surface area contributed by atoms with Crippen LogP contribution in [0.3, 0.4) is 0 Å². The summed E-state index contributed by atoms with van der Waals surface area (Å²) in [6, 6.07) is -1.31. The average Bonchev–Trinajstić information content (AvgIpc) is 0.893. The molecule has 0 aromatic heterocycles. The van der Waals surface area contributed by atoms with Crippen LogP contribution in [0.15, 0.2) is 0 Å². The third-order valence-corrected chi connectivity index (χ3v) is 17.1. The van der Waals surface area contributed by atoms with Crippen LogP contribution in [0.1, 0.15) is 456 Å². The van der Waals surface area contributed by atoms with Crippen LogP contribution >= 0.6 is 7.60 Å². The van der Waals surface area contributed by atoms with Gasteiger partial charge in [-0.05, 0) is 292 Å². The number of carbonyl (C=O) groups excluding carboxylic acids is 13. The van der Waals surface area contributed by atoms with Gasteiger partial charge in [-0.25, -0.2) is 0 Å². The van der Waals surface area contributed by atoms with E-state index < -0.39 is 88.4 Å². The summed E-state index contributed by atoms with van der Waals surface area (Å²) in [5.74, 6) is -3.51. The van der Waals surface area contributed by atoms with E-state index in [0.29, 0.717) is 70.3 Å². The fourth-order valence-corrected chi connectivity index (χ4v) is 11.0. The number of ether oxygens (including phenoxy) is 10. The van der Waals surface area contributed by atoms with Crippen LogP contribution in [-0.4, -0.2) is 183 Å². The van der Waals surface area contributed by atoms with Crippen molar-refractivity contribution in [1.29, 1.82) is 0 Å². The second-order valence-electron chi connectivity index (χ2n) is 42.6. The Balaban J connectivity index is -0.000000183. The number of nitrogens with two attached hydrogens (primary N) is 3. The van der Waals surface area contributed by atoms with Gasteiger partial charge in [0.25, 0.3) is 0 Å². The van der Waals surface area contributed by atoms with Crippen LogP contribution in [-0.2, 0) is 128 Å². The molecular weight excluding hydrogens is 1720 g/mol. The van der Waals surface area contributed by atoms with Crippen molar-refractivity contribution < 1.29 is 133 Å². The van der Waals surface area contributed by atoms with Gasteiger partial charge in [0.2, 0.25) is 0 Å². The Morgan fingerprint density at radius 2 is 0.636 bits per heavy atom. The van der Waals surface area contributed by atoms with Gasteiger partial charge in [-0.1, -0.05) is 105 Å². The van der Waals surface area contributed by atoms with Crippen LogP contribution < -0.4 is 17.2 Å². The summed E-state index contributed by atoms with van der Waals surface area (Å²) in [6.45, 7) is 71.4. The van der Waals surface area contributed by atoms with Crippen LogP contribution in [0.4, 0.5) is 0 Å². The molecule has 31 nitrogen and oxygen atoms in total. The predicted octanol–water partition coefficient (Wildman–Crippen LogP) is 21.6. The van der Waals surface area contributed by atoms with Crippen LogP contribution in [0.25, 0.3) is 0 Å². The van der Waals surface area contributed by atoms with E-state index in [1.165, 1.54) is 53.8 Å². The number of unbranched alkanes of at least 4 members (excludes halogenated alkanes) is 5. The van der Waals surface area contributed by atoms with Crippen molar-refractivity contribution in [1.82, 2.24) is 0 Å². The maximum Gasteiger partial charge on any atom is 0.327 e. The molecule has 1 fully saturated rings. The Morgan fingerprint density at radius 1 is 0.333 bits per heavy atom. The van der Waals surface area contributed by atoms with E-state index in [1.54, 1.807) is 48.5 Å². The fraction of sp³-hybridized carbons (Fsp3) is 0.860. The highest BCUT2D eigenvalue weighted by molar-refractivity contribution is 7.53. The van der Waals surface area contributed by atoms with Crippen molar-refractivity contribution in [3.8, 4) is 0 Å². The van der Waals surface area contributed by atoms with E-state index >= 15 is 0 Å².